The Kier molecular flexibility index (Phi) is 9.59. The summed E-state index contributed by atoms with van der Waals surface area (Å²) in [5, 5.41) is 12.6. The van der Waals surface area contributed by atoms with Gasteiger partial charge in [0, 0.05) is 10.6 Å². The summed E-state index contributed by atoms with van der Waals surface area (Å²) in [6.45, 7) is 8.07. The molecule has 4 aromatic rings. The molecule has 0 radical (unpaired) electrons. The average Bonchev–Trinajstić information content (AvgIpc) is 3.48. The third-order valence-corrected chi connectivity index (χ3v) is 8.20. The molecule has 2 aromatic carbocycles. The number of anilines is 1. The smallest absolute Gasteiger partial charge is 0.350 e. The standard InChI is InChI=1S/C27H29N5O3S3/c1-17(2)14-35-25(34)24-19(4)28-26(38-24)29-23(33)16-37-27-31-30-22(32(27)20-8-6-5-7-9-20)15-36-21-12-10-18(3)11-13-21/h5-13,17H,14-16H2,1-4H3,(H,28,29,33). The number of hydrogen-bond acceptors (Lipinski definition) is 9. The largest absolute Gasteiger partial charge is 0.461 e. The molecule has 2 heterocycles. The molecule has 11 heteroatoms. The van der Waals surface area contributed by atoms with Crippen LogP contribution in [0.2, 0.25) is 0 Å². The zero-order valence-electron chi connectivity index (χ0n) is 21.6. The molecule has 0 spiro atoms. The number of benzene rings is 2. The van der Waals surface area contributed by atoms with Crippen LogP contribution in [-0.2, 0) is 15.3 Å². The lowest BCUT2D eigenvalue weighted by Crippen LogP contribution is -2.14. The quantitative estimate of drug-likeness (QED) is 0.170. The molecule has 0 bridgehead atoms. The van der Waals surface area contributed by atoms with Crippen LogP contribution in [0, 0.1) is 19.8 Å². The van der Waals surface area contributed by atoms with Crippen molar-refractivity contribution in [3.05, 3.63) is 76.6 Å². The molecule has 0 aliphatic carbocycles. The number of esters is 1. The van der Waals surface area contributed by atoms with E-state index in [-0.39, 0.29) is 17.6 Å². The highest BCUT2D eigenvalue weighted by Gasteiger charge is 2.20. The molecule has 198 valence electrons. The van der Waals surface area contributed by atoms with Crippen molar-refractivity contribution < 1.29 is 14.3 Å². The molecule has 0 saturated carbocycles. The molecule has 0 atom stereocenters. The summed E-state index contributed by atoms with van der Waals surface area (Å²) < 4.78 is 7.28. The van der Waals surface area contributed by atoms with Gasteiger partial charge in [0.15, 0.2) is 10.3 Å². The Morgan fingerprint density at radius 2 is 1.76 bits per heavy atom. The molecule has 0 aliphatic heterocycles. The van der Waals surface area contributed by atoms with Crippen LogP contribution < -0.4 is 5.32 Å². The average molecular weight is 568 g/mol. The van der Waals surface area contributed by atoms with Gasteiger partial charge < -0.3 is 10.1 Å². The molecule has 0 saturated heterocycles. The van der Waals surface area contributed by atoms with Crippen LogP contribution in [0.1, 0.15) is 40.6 Å². The molecule has 0 fully saturated rings. The van der Waals surface area contributed by atoms with E-state index >= 15 is 0 Å². The number of hydrogen-bond donors (Lipinski definition) is 1. The molecule has 38 heavy (non-hydrogen) atoms. The third kappa shape index (κ3) is 7.46. The summed E-state index contributed by atoms with van der Waals surface area (Å²) in [6, 6.07) is 18.2. The lowest BCUT2D eigenvalue weighted by atomic mass is 10.2. The second-order valence-electron chi connectivity index (χ2n) is 8.93. The molecule has 4 rings (SSSR count). The summed E-state index contributed by atoms with van der Waals surface area (Å²) in [4.78, 5) is 30.9. The van der Waals surface area contributed by atoms with Gasteiger partial charge in [-0.2, -0.15) is 0 Å². The van der Waals surface area contributed by atoms with Crippen molar-refractivity contribution in [3.63, 3.8) is 0 Å². The molecule has 0 aliphatic rings. The summed E-state index contributed by atoms with van der Waals surface area (Å²) in [5.74, 6) is 1.11. The van der Waals surface area contributed by atoms with Crippen molar-refractivity contribution >= 4 is 51.9 Å². The van der Waals surface area contributed by atoms with Gasteiger partial charge in [0.2, 0.25) is 5.91 Å². The Labute approximate surface area is 234 Å². The van der Waals surface area contributed by atoms with E-state index in [1.54, 1.807) is 18.7 Å². The van der Waals surface area contributed by atoms with Crippen LogP contribution in [0.5, 0.6) is 0 Å². The Balaban J connectivity index is 1.42. The van der Waals surface area contributed by atoms with E-state index in [4.69, 9.17) is 4.74 Å². The number of ether oxygens (including phenoxy) is 1. The molecule has 1 N–H and O–H groups in total. The van der Waals surface area contributed by atoms with E-state index in [0.29, 0.717) is 33.2 Å². The van der Waals surface area contributed by atoms with E-state index < -0.39 is 5.97 Å². The molecule has 0 unspecified atom stereocenters. The number of amides is 1. The van der Waals surface area contributed by atoms with Gasteiger partial charge in [-0.25, -0.2) is 9.78 Å². The minimum atomic E-state index is -0.421. The number of nitrogens with zero attached hydrogens (tertiary/aromatic N) is 4. The monoisotopic (exact) mass is 567 g/mol. The van der Waals surface area contributed by atoms with E-state index in [2.05, 4.69) is 51.7 Å². The number of carbonyl (C=O) groups is 2. The van der Waals surface area contributed by atoms with E-state index in [9.17, 15) is 9.59 Å². The van der Waals surface area contributed by atoms with Crippen LogP contribution in [0.15, 0.2) is 64.6 Å². The number of aromatic nitrogens is 4. The Morgan fingerprint density at radius 3 is 2.47 bits per heavy atom. The maximum absolute atomic E-state index is 12.7. The number of thiazole rings is 1. The minimum Gasteiger partial charge on any atom is -0.461 e. The summed E-state index contributed by atoms with van der Waals surface area (Å²) in [6.07, 6.45) is 0. The van der Waals surface area contributed by atoms with Gasteiger partial charge >= 0.3 is 5.97 Å². The number of para-hydroxylation sites is 1. The van der Waals surface area contributed by atoms with Gasteiger partial charge in [-0.3, -0.25) is 9.36 Å². The van der Waals surface area contributed by atoms with Gasteiger partial charge in [-0.1, -0.05) is 72.8 Å². The number of thioether (sulfide) groups is 2. The first kappa shape index (κ1) is 27.9. The number of aryl methyl sites for hydroxylation is 2. The summed E-state index contributed by atoms with van der Waals surface area (Å²) in [7, 11) is 0. The van der Waals surface area contributed by atoms with Gasteiger partial charge in [-0.15, -0.1) is 22.0 Å². The highest BCUT2D eigenvalue weighted by molar-refractivity contribution is 7.99. The van der Waals surface area contributed by atoms with E-state index in [0.717, 1.165) is 27.7 Å². The maximum Gasteiger partial charge on any atom is 0.350 e. The van der Waals surface area contributed by atoms with Crippen LogP contribution in [-0.4, -0.2) is 44.0 Å². The predicted molar refractivity (Wildman–Crippen MR) is 153 cm³/mol. The Hall–Kier alpha value is -3.15. The number of carbonyl (C=O) groups excluding carboxylic acids is 2. The van der Waals surface area contributed by atoms with Gasteiger partial charge in [0.05, 0.1) is 23.8 Å². The number of nitrogens with one attached hydrogen (secondary N) is 1. The van der Waals surface area contributed by atoms with E-state index in [1.165, 1.54) is 17.3 Å². The molecule has 1 amide bonds. The SMILES string of the molecule is Cc1ccc(SCc2nnc(SCC(=O)Nc3nc(C)c(C(=O)OCC(C)C)s3)n2-c2ccccc2)cc1. The second-order valence-corrected chi connectivity index (χ2v) is 11.9. The summed E-state index contributed by atoms with van der Waals surface area (Å²) >= 11 is 4.10. The third-order valence-electron chi connectivity index (χ3n) is 5.21. The van der Waals surface area contributed by atoms with E-state index in [1.807, 2.05) is 48.7 Å². The van der Waals surface area contributed by atoms with Crippen molar-refractivity contribution in [2.45, 2.75) is 43.5 Å². The molecule has 8 nitrogen and oxygen atoms in total. The fourth-order valence-corrected chi connectivity index (χ4v) is 5.80. The first-order chi connectivity index (χ1) is 18.3. The summed E-state index contributed by atoms with van der Waals surface area (Å²) in [5.41, 5.74) is 2.68. The highest BCUT2D eigenvalue weighted by atomic mass is 32.2. The maximum atomic E-state index is 12.7. The normalized spacial score (nSPS) is 11.1. The second kappa shape index (κ2) is 13.1. The first-order valence-corrected chi connectivity index (χ1v) is 14.8. The van der Waals surface area contributed by atoms with Gasteiger partial charge in [0.25, 0.3) is 0 Å². The van der Waals surface area contributed by atoms with Crippen molar-refractivity contribution in [2.24, 2.45) is 5.92 Å². The lowest BCUT2D eigenvalue weighted by Gasteiger charge is -2.10. The first-order valence-electron chi connectivity index (χ1n) is 12.1. The van der Waals surface area contributed by atoms with Crippen LogP contribution >= 0.6 is 34.9 Å². The minimum absolute atomic E-state index is 0.113. The van der Waals surface area contributed by atoms with Crippen LogP contribution in [0.3, 0.4) is 0 Å². The predicted octanol–water partition coefficient (Wildman–Crippen LogP) is 6.18. The lowest BCUT2D eigenvalue weighted by molar-refractivity contribution is -0.113. The van der Waals surface area contributed by atoms with Crippen LogP contribution in [0.4, 0.5) is 5.13 Å². The Bertz CT molecular complexity index is 1380. The van der Waals surface area contributed by atoms with Crippen molar-refractivity contribution in [1.29, 1.82) is 0 Å². The fraction of sp³-hybridized carbons (Fsp3) is 0.296. The molecule has 2 aromatic heterocycles. The van der Waals surface area contributed by atoms with Gasteiger partial charge in [0.1, 0.15) is 10.7 Å². The zero-order chi connectivity index (χ0) is 27.1. The van der Waals surface area contributed by atoms with Crippen molar-refractivity contribution in [2.75, 3.05) is 17.7 Å². The fourth-order valence-electron chi connectivity index (χ4n) is 3.34. The van der Waals surface area contributed by atoms with Gasteiger partial charge in [-0.05, 0) is 44.0 Å². The highest BCUT2D eigenvalue weighted by Crippen LogP contribution is 2.28. The topological polar surface area (TPSA) is 99.0 Å². The number of rotatable bonds is 11. The van der Waals surface area contributed by atoms with Crippen LogP contribution in [0.25, 0.3) is 5.69 Å². The zero-order valence-corrected chi connectivity index (χ0v) is 24.1. The molecular weight excluding hydrogens is 539 g/mol. The Morgan fingerprint density at radius 1 is 1.03 bits per heavy atom. The van der Waals surface area contributed by atoms with Crippen molar-refractivity contribution in [3.8, 4) is 5.69 Å². The van der Waals surface area contributed by atoms with Crippen molar-refractivity contribution in [1.82, 2.24) is 19.7 Å². The molecular formula is C27H29N5O3S3.